The van der Waals surface area contributed by atoms with E-state index in [0.29, 0.717) is 0 Å². The summed E-state index contributed by atoms with van der Waals surface area (Å²) in [7, 11) is 0. The third-order valence-electron chi connectivity index (χ3n) is 3.66. The molecule has 1 atom stereocenters. The molecule has 0 aromatic rings. The largest absolute Gasteiger partial charge is 0.375 e. The van der Waals surface area contributed by atoms with Crippen LogP contribution in [0.5, 0.6) is 0 Å². The van der Waals surface area contributed by atoms with Gasteiger partial charge in [-0.15, -0.1) is 0 Å². The van der Waals surface area contributed by atoms with E-state index in [4.69, 9.17) is 4.74 Å². The molecule has 0 aliphatic carbocycles. The molecule has 0 aromatic carbocycles. The summed E-state index contributed by atoms with van der Waals surface area (Å²) in [5, 5.41) is 3.12. The Labute approximate surface area is 113 Å². The summed E-state index contributed by atoms with van der Waals surface area (Å²) in [6, 6.07) is 0.243. The molecule has 1 rings (SSSR count). The van der Waals surface area contributed by atoms with E-state index in [-0.39, 0.29) is 17.6 Å². The van der Waals surface area contributed by atoms with Crippen LogP contribution in [0.1, 0.15) is 53.4 Å². The Balaban J connectivity index is 2.59. The molecule has 3 nitrogen and oxygen atoms in total. The number of amides is 1. The van der Waals surface area contributed by atoms with Crippen LogP contribution in [0.25, 0.3) is 0 Å². The van der Waals surface area contributed by atoms with Crippen LogP contribution in [0.15, 0.2) is 0 Å². The van der Waals surface area contributed by atoms with Gasteiger partial charge in [0.1, 0.15) is 0 Å². The molecule has 1 heterocycles. The highest BCUT2D eigenvalue weighted by Gasteiger charge is 2.36. The maximum Gasteiger partial charge on any atom is 0.236 e. The fourth-order valence-corrected chi connectivity index (χ4v) is 2.37. The standard InChI is InChI=1S/C13H24BrNO2/c1-5-13(6-2)9-10(7-8-17-13)15-11(16)12(3,4)14/h10H,5-9H2,1-4H3,(H,15,16). The van der Waals surface area contributed by atoms with Crippen LogP contribution in [-0.2, 0) is 9.53 Å². The SMILES string of the molecule is CCC1(CC)CC(NC(=O)C(C)(C)Br)CCO1. The number of alkyl halides is 1. The van der Waals surface area contributed by atoms with Gasteiger partial charge in [-0.25, -0.2) is 0 Å². The highest BCUT2D eigenvalue weighted by Crippen LogP contribution is 2.31. The van der Waals surface area contributed by atoms with Gasteiger partial charge in [0, 0.05) is 12.6 Å². The Morgan fingerprint density at radius 3 is 2.53 bits per heavy atom. The lowest BCUT2D eigenvalue weighted by molar-refractivity contribution is -0.127. The normalized spacial score (nSPS) is 24.4. The van der Waals surface area contributed by atoms with E-state index < -0.39 is 4.32 Å². The summed E-state index contributed by atoms with van der Waals surface area (Å²) < 4.78 is 5.40. The van der Waals surface area contributed by atoms with Crippen molar-refractivity contribution in [3.8, 4) is 0 Å². The van der Waals surface area contributed by atoms with Crippen molar-refractivity contribution in [2.24, 2.45) is 0 Å². The number of nitrogens with one attached hydrogen (secondary N) is 1. The fourth-order valence-electron chi connectivity index (χ4n) is 2.25. The molecule has 0 saturated carbocycles. The molecule has 0 spiro atoms. The van der Waals surface area contributed by atoms with Crippen LogP contribution in [0.3, 0.4) is 0 Å². The minimum absolute atomic E-state index is 0.0351. The summed E-state index contributed by atoms with van der Waals surface area (Å²) in [6.45, 7) is 8.79. The van der Waals surface area contributed by atoms with Gasteiger partial charge >= 0.3 is 0 Å². The van der Waals surface area contributed by atoms with Crippen molar-refractivity contribution >= 4 is 21.8 Å². The molecule has 1 unspecified atom stereocenters. The summed E-state index contributed by atoms with van der Waals surface area (Å²) >= 11 is 3.39. The fraction of sp³-hybridized carbons (Fsp3) is 0.923. The third-order valence-corrected chi connectivity index (χ3v) is 4.02. The van der Waals surface area contributed by atoms with Crippen LogP contribution in [0.4, 0.5) is 0 Å². The third kappa shape index (κ3) is 3.95. The van der Waals surface area contributed by atoms with Crippen molar-refractivity contribution in [3.05, 3.63) is 0 Å². The molecule has 17 heavy (non-hydrogen) atoms. The van der Waals surface area contributed by atoms with Gasteiger partial charge in [0.05, 0.1) is 9.93 Å². The van der Waals surface area contributed by atoms with Crippen molar-refractivity contribution < 1.29 is 9.53 Å². The summed E-state index contributed by atoms with van der Waals surface area (Å²) in [4.78, 5) is 11.9. The van der Waals surface area contributed by atoms with Crippen molar-refractivity contribution in [2.75, 3.05) is 6.61 Å². The average Bonchev–Trinajstić information content (AvgIpc) is 2.28. The molecular weight excluding hydrogens is 282 g/mol. The van der Waals surface area contributed by atoms with E-state index in [9.17, 15) is 4.79 Å². The first kappa shape index (κ1) is 15.0. The molecule has 4 heteroatoms. The second-order valence-electron chi connectivity index (χ2n) is 5.37. The predicted molar refractivity (Wildman–Crippen MR) is 73.4 cm³/mol. The Morgan fingerprint density at radius 2 is 2.06 bits per heavy atom. The van der Waals surface area contributed by atoms with Crippen LogP contribution in [-0.4, -0.2) is 28.5 Å². The van der Waals surface area contributed by atoms with Crippen molar-refractivity contribution in [1.29, 1.82) is 0 Å². The van der Waals surface area contributed by atoms with Gasteiger partial charge < -0.3 is 10.1 Å². The Kier molecular flexibility index (Phi) is 5.02. The first-order valence-corrected chi connectivity index (χ1v) is 7.26. The molecular formula is C13H24BrNO2. The maximum atomic E-state index is 11.9. The number of halogens is 1. The minimum Gasteiger partial charge on any atom is -0.375 e. The number of carbonyl (C=O) groups excluding carboxylic acids is 1. The number of rotatable bonds is 4. The summed E-state index contributed by atoms with van der Waals surface area (Å²) in [5.74, 6) is 0.0607. The molecule has 0 radical (unpaired) electrons. The van der Waals surface area contributed by atoms with Crippen molar-refractivity contribution in [3.63, 3.8) is 0 Å². The molecule has 0 aromatic heterocycles. The molecule has 1 amide bonds. The van der Waals surface area contributed by atoms with Gasteiger partial charge in [0.25, 0.3) is 0 Å². The zero-order valence-corrected chi connectivity index (χ0v) is 12.9. The minimum atomic E-state index is -0.494. The van der Waals surface area contributed by atoms with E-state index in [1.807, 2.05) is 13.8 Å². The molecule has 1 aliphatic rings. The van der Waals surface area contributed by atoms with E-state index in [1.165, 1.54) is 0 Å². The molecule has 1 N–H and O–H groups in total. The van der Waals surface area contributed by atoms with E-state index >= 15 is 0 Å². The number of hydrogen-bond donors (Lipinski definition) is 1. The summed E-state index contributed by atoms with van der Waals surface area (Å²) in [5.41, 5.74) is -0.0351. The maximum absolute atomic E-state index is 11.9. The van der Waals surface area contributed by atoms with Crippen LogP contribution in [0.2, 0.25) is 0 Å². The highest BCUT2D eigenvalue weighted by atomic mass is 79.9. The lowest BCUT2D eigenvalue weighted by Gasteiger charge is -2.40. The lowest BCUT2D eigenvalue weighted by atomic mass is 9.86. The topological polar surface area (TPSA) is 38.3 Å². The smallest absolute Gasteiger partial charge is 0.236 e. The Morgan fingerprint density at radius 1 is 1.47 bits per heavy atom. The summed E-state index contributed by atoms with van der Waals surface area (Å²) in [6.07, 6.45) is 3.85. The van der Waals surface area contributed by atoms with Gasteiger partial charge in [-0.2, -0.15) is 0 Å². The highest BCUT2D eigenvalue weighted by molar-refractivity contribution is 9.10. The van der Waals surface area contributed by atoms with Crippen LogP contribution in [0, 0.1) is 0 Å². The molecule has 1 fully saturated rings. The van der Waals surface area contributed by atoms with Gasteiger partial charge in [0.2, 0.25) is 5.91 Å². The quantitative estimate of drug-likeness (QED) is 0.811. The second-order valence-corrected chi connectivity index (χ2v) is 7.36. The number of hydrogen-bond acceptors (Lipinski definition) is 2. The number of ether oxygens (including phenoxy) is 1. The monoisotopic (exact) mass is 305 g/mol. The predicted octanol–water partition coefficient (Wildman–Crippen LogP) is 3.01. The molecule has 100 valence electrons. The van der Waals surface area contributed by atoms with Crippen molar-refractivity contribution in [2.45, 2.75) is 69.3 Å². The van der Waals surface area contributed by atoms with E-state index in [0.717, 1.165) is 32.3 Å². The second kappa shape index (κ2) is 5.70. The van der Waals surface area contributed by atoms with Crippen LogP contribution >= 0.6 is 15.9 Å². The lowest BCUT2D eigenvalue weighted by Crippen LogP contribution is -2.51. The average molecular weight is 306 g/mol. The van der Waals surface area contributed by atoms with Gasteiger partial charge in [-0.05, 0) is 39.5 Å². The zero-order chi connectivity index (χ0) is 13.1. The molecule has 0 bridgehead atoms. The van der Waals surface area contributed by atoms with Crippen molar-refractivity contribution in [1.82, 2.24) is 5.32 Å². The van der Waals surface area contributed by atoms with E-state index in [2.05, 4.69) is 35.1 Å². The van der Waals surface area contributed by atoms with E-state index in [1.54, 1.807) is 0 Å². The van der Waals surface area contributed by atoms with Crippen LogP contribution < -0.4 is 5.32 Å². The molecule has 1 aliphatic heterocycles. The van der Waals surface area contributed by atoms with Gasteiger partial charge in [0.15, 0.2) is 0 Å². The van der Waals surface area contributed by atoms with Gasteiger partial charge in [-0.3, -0.25) is 4.79 Å². The number of carbonyl (C=O) groups is 1. The first-order chi connectivity index (χ1) is 7.83. The van der Waals surface area contributed by atoms with Gasteiger partial charge in [-0.1, -0.05) is 29.8 Å². The zero-order valence-electron chi connectivity index (χ0n) is 11.3. The first-order valence-electron chi connectivity index (χ1n) is 6.47. The Hall–Kier alpha value is -0.0900. The Bertz CT molecular complexity index is 269. The molecule has 1 saturated heterocycles.